The van der Waals surface area contributed by atoms with Gasteiger partial charge in [-0.25, -0.2) is 0 Å². The van der Waals surface area contributed by atoms with Crippen LogP contribution in [0.1, 0.15) is 6.92 Å². The molecule has 8 heteroatoms. The van der Waals surface area contributed by atoms with Crippen molar-refractivity contribution in [2.75, 3.05) is 5.32 Å². The van der Waals surface area contributed by atoms with E-state index in [-0.39, 0.29) is 16.6 Å². The first-order chi connectivity index (χ1) is 11.9. The first-order valence-electron chi connectivity index (χ1n) is 7.22. The Morgan fingerprint density at radius 2 is 1.84 bits per heavy atom. The highest BCUT2D eigenvalue weighted by Gasteiger charge is 2.19. The van der Waals surface area contributed by atoms with Gasteiger partial charge in [0.2, 0.25) is 5.91 Å². The molecule has 1 N–H and O–H groups in total. The lowest BCUT2D eigenvalue weighted by atomic mass is 10.2. The van der Waals surface area contributed by atoms with Crippen molar-refractivity contribution in [2.24, 2.45) is 0 Å². The molecule has 2 aromatic carbocycles. The number of pyridine rings is 1. The number of rotatable bonds is 4. The fraction of sp³-hybridized carbons (Fsp3) is 0.0588. The van der Waals surface area contributed by atoms with Gasteiger partial charge in [-0.1, -0.05) is 11.6 Å². The zero-order valence-corrected chi connectivity index (χ0v) is 14.6. The highest BCUT2D eigenvalue weighted by Crippen LogP contribution is 2.31. The zero-order valence-electron chi connectivity index (χ0n) is 13.1. The number of aromatic nitrogens is 1. The number of anilines is 1. The highest BCUT2D eigenvalue weighted by molar-refractivity contribution is 7.87. The van der Waals surface area contributed by atoms with Crippen molar-refractivity contribution in [1.82, 2.24) is 4.98 Å². The Labute approximate surface area is 149 Å². The maximum Gasteiger partial charge on any atom is 0.339 e. The molecule has 3 rings (SSSR count). The number of halogens is 1. The maximum atomic E-state index is 12.5. The number of amides is 1. The Kier molecular flexibility index (Phi) is 4.61. The van der Waals surface area contributed by atoms with E-state index >= 15 is 0 Å². The van der Waals surface area contributed by atoms with Gasteiger partial charge in [-0.3, -0.25) is 9.78 Å². The number of carbonyl (C=O) groups is 1. The molecule has 1 heterocycles. The van der Waals surface area contributed by atoms with Crippen LogP contribution < -0.4 is 9.50 Å². The summed E-state index contributed by atoms with van der Waals surface area (Å²) in [4.78, 5) is 15.1. The molecule has 0 saturated carbocycles. The van der Waals surface area contributed by atoms with E-state index in [9.17, 15) is 13.2 Å². The van der Waals surface area contributed by atoms with Crippen molar-refractivity contribution in [1.29, 1.82) is 0 Å². The van der Waals surface area contributed by atoms with Crippen LogP contribution in [0.25, 0.3) is 10.9 Å². The second-order valence-electron chi connectivity index (χ2n) is 5.19. The standard InChI is InChI=1S/C17H13ClN2O4S/c1-11(21)20-12-4-6-13(7-5-12)25(22,23)24-16-9-8-15(18)14-3-2-10-19-17(14)16/h2-10H,1H3,(H,20,21). The summed E-state index contributed by atoms with van der Waals surface area (Å²) in [5, 5.41) is 3.61. The number of nitrogens with one attached hydrogen (secondary N) is 1. The van der Waals surface area contributed by atoms with Gasteiger partial charge < -0.3 is 9.50 Å². The van der Waals surface area contributed by atoms with E-state index in [1.54, 1.807) is 18.2 Å². The van der Waals surface area contributed by atoms with E-state index in [4.69, 9.17) is 15.8 Å². The minimum absolute atomic E-state index is 0.0411. The molecule has 0 aliphatic heterocycles. The van der Waals surface area contributed by atoms with Gasteiger partial charge in [0.15, 0.2) is 5.75 Å². The Balaban J connectivity index is 1.94. The van der Waals surface area contributed by atoms with Gasteiger partial charge in [0.25, 0.3) is 0 Å². The first kappa shape index (κ1) is 17.2. The van der Waals surface area contributed by atoms with Crippen LogP contribution >= 0.6 is 11.6 Å². The summed E-state index contributed by atoms with van der Waals surface area (Å²) in [6.07, 6.45) is 1.53. The van der Waals surface area contributed by atoms with Crippen LogP contribution in [0, 0.1) is 0 Å². The Morgan fingerprint density at radius 3 is 2.52 bits per heavy atom. The van der Waals surface area contributed by atoms with E-state index in [0.717, 1.165) is 0 Å². The maximum absolute atomic E-state index is 12.5. The normalized spacial score (nSPS) is 11.3. The summed E-state index contributed by atoms with van der Waals surface area (Å²) < 4.78 is 30.2. The number of hydrogen-bond donors (Lipinski definition) is 1. The molecule has 25 heavy (non-hydrogen) atoms. The van der Waals surface area contributed by atoms with Crippen molar-refractivity contribution < 1.29 is 17.4 Å². The molecule has 0 bridgehead atoms. The van der Waals surface area contributed by atoms with E-state index in [0.29, 0.717) is 21.6 Å². The monoisotopic (exact) mass is 376 g/mol. The van der Waals surface area contributed by atoms with E-state index < -0.39 is 10.1 Å². The molecular formula is C17H13ClN2O4S. The van der Waals surface area contributed by atoms with Crippen molar-refractivity contribution >= 4 is 44.2 Å². The number of nitrogens with zero attached hydrogens (tertiary/aromatic N) is 1. The van der Waals surface area contributed by atoms with Gasteiger partial charge in [-0.05, 0) is 48.5 Å². The highest BCUT2D eigenvalue weighted by atomic mass is 35.5. The average molecular weight is 377 g/mol. The SMILES string of the molecule is CC(=O)Nc1ccc(S(=O)(=O)Oc2ccc(Cl)c3cccnc23)cc1. The van der Waals surface area contributed by atoms with Gasteiger partial charge >= 0.3 is 10.1 Å². The van der Waals surface area contributed by atoms with Crippen LogP contribution in [0.5, 0.6) is 5.75 Å². The molecule has 0 spiro atoms. The third kappa shape index (κ3) is 3.72. The second-order valence-corrected chi connectivity index (χ2v) is 7.14. The first-order valence-corrected chi connectivity index (χ1v) is 9.01. The molecule has 1 amide bonds. The van der Waals surface area contributed by atoms with Gasteiger partial charge in [0.05, 0.1) is 5.02 Å². The van der Waals surface area contributed by atoms with Crippen molar-refractivity contribution in [3.63, 3.8) is 0 Å². The molecule has 0 aliphatic rings. The molecule has 0 aliphatic carbocycles. The number of hydrogen-bond acceptors (Lipinski definition) is 5. The number of carbonyl (C=O) groups excluding carboxylic acids is 1. The van der Waals surface area contributed by atoms with E-state index in [1.165, 1.54) is 43.5 Å². The fourth-order valence-corrected chi connectivity index (χ4v) is 3.41. The third-order valence-corrected chi connectivity index (χ3v) is 4.92. The molecule has 3 aromatic rings. The second kappa shape index (κ2) is 6.70. The molecular weight excluding hydrogens is 364 g/mol. The van der Waals surface area contributed by atoms with Crippen molar-refractivity contribution in [2.45, 2.75) is 11.8 Å². The molecule has 0 unspecified atom stereocenters. The quantitative estimate of drug-likeness (QED) is 0.703. The van der Waals surface area contributed by atoms with Crippen LogP contribution in [0.4, 0.5) is 5.69 Å². The molecule has 0 atom stereocenters. The van der Waals surface area contributed by atoms with Gasteiger partial charge in [0, 0.05) is 24.2 Å². The Bertz CT molecular complexity index is 1050. The minimum Gasteiger partial charge on any atom is -0.377 e. The predicted molar refractivity (Wildman–Crippen MR) is 95.3 cm³/mol. The Morgan fingerprint density at radius 1 is 1.12 bits per heavy atom. The molecule has 6 nitrogen and oxygen atoms in total. The molecule has 0 radical (unpaired) electrons. The molecule has 0 fully saturated rings. The van der Waals surface area contributed by atoms with Gasteiger partial charge in [-0.15, -0.1) is 0 Å². The fourth-order valence-electron chi connectivity index (χ4n) is 2.25. The molecule has 1 aromatic heterocycles. The minimum atomic E-state index is -4.06. The van der Waals surface area contributed by atoms with E-state index in [2.05, 4.69) is 10.3 Å². The summed E-state index contributed by atoms with van der Waals surface area (Å²) in [5.74, 6) is -0.156. The number of fused-ring (bicyclic) bond motifs is 1. The van der Waals surface area contributed by atoms with Gasteiger partial charge in [0.1, 0.15) is 10.4 Å². The third-order valence-electron chi connectivity index (χ3n) is 3.34. The number of benzene rings is 2. The van der Waals surface area contributed by atoms with Crippen LogP contribution in [-0.2, 0) is 14.9 Å². The summed E-state index contributed by atoms with van der Waals surface area (Å²) in [7, 11) is -4.06. The summed E-state index contributed by atoms with van der Waals surface area (Å²) >= 11 is 6.10. The Hall–Kier alpha value is -2.64. The topological polar surface area (TPSA) is 85.4 Å². The van der Waals surface area contributed by atoms with Crippen molar-refractivity contribution in [3.8, 4) is 5.75 Å². The lowest BCUT2D eigenvalue weighted by molar-refractivity contribution is -0.114. The van der Waals surface area contributed by atoms with Crippen LogP contribution in [0.2, 0.25) is 5.02 Å². The zero-order chi connectivity index (χ0) is 18.0. The largest absolute Gasteiger partial charge is 0.377 e. The summed E-state index contributed by atoms with van der Waals surface area (Å²) in [6.45, 7) is 1.37. The van der Waals surface area contributed by atoms with E-state index in [1.807, 2.05) is 0 Å². The lowest BCUT2D eigenvalue weighted by Crippen LogP contribution is -2.11. The summed E-state index contributed by atoms with van der Waals surface area (Å²) in [6, 6.07) is 12.1. The average Bonchev–Trinajstić information content (AvgIpc) is 2.57. The molecule has 128 valence electrons. The smallest absolute Gasteiger partial charge is 0.339 e. The van der Waals surface area contributed by atoms with Crippen LogP contribution in [-0.4, -0.2) is 19.3 Å². The van der Waals surface area contributed by atoms with Crippen LogP contribution in [0.15, 0.2) is 59.6 Å². The van der Waals surface area contributed by atoms with Gasteiger partial charge in [-0.2, -0.15) is 8.42 Å². The molecule has 0 saturated heterocycles. The lowest BCUT2D eigenvalue weighted by Gasteiger charge is -2.10. The summed E-state index contributed by atoms with van der Waals surface area (Å²) in [5.41, 5.74) is 0.846. The van der Waals surface area contributed by atoms with Crippen LogP contribution in [0.3, 0.4) is 0 Å². The van der Waals surface area contributed by atoms with Crippen molar-refractivity contribution in [3.05, 3.63) is 59.8 Å². The predicted octanol–water partition coefficient (Wildman–Crippen LogP) is 3.61.